The summed E-state index contributed by atoms with van der Waals surface area (Å²) in [4.78, 5) is 11.3. The van der Waals surface area contributed by atoms with Crippen LogP contribution in [0.5, 0.6) is 5.75 Å². The normalized spacial score (nSPS) is 10.2. The molecule has 19 heavy (non-hydrogen) atoms. The summed E-state index contributed by atoms with van der Waals surface area (Å²) in [6.45, 7) is 0.141. The monoisotopic (exact) mass is 260 g/mol. The quantitative estimate of drug-likeness (QED) is 0.826. The first-order chi connectivity index (χ1) is 9.06. The fraction of sp³-hybridized carbons (Fsp3) is 0.0714. The molecule has 2 rings (SSSR count). The molecule has 0 unspecified atom stereocenters. The lowest BCUT2D eigenvalue weighted by Crippen LogP contribution is -2.13. The third-order valence-electron chi connectivity index (χ3n) is 2.55. The maximum atomic E-state index is 13.0. The van der Waals surface area contributed by atoms with Crippen molar-refractivity contribution in [3.05, 3.63) is 59.4 Å². The fourth-order valence-electron chi connectivity index (χ4n) is 1.65. The van der Waals surface area contributed by atoms with E-state index in [2.05, 4.69) is 0 Å². The average Bonchev–Trinajstić information content (AvgIpc) is 2.37. The van der Waals surface area contributed by atoms with Crippen molar-refractivity contribution in [1.29, 1.82) is 0 Å². The van der Waals surface area contributed by atoms with Crippen molar-refractivity contribution in [3.63, 3.8) is 0 Å². The van der Waals surface area contributed by atoms with Gasteiger partial charge in [-0.1, -0.05) is 12.1 Å². The van der Waals surface area contributed by atoms with Gasteiger partial charge in [0.25, 0.3) is 5.91 Å². The molecule has 0 atom stereocenters. The molecule has 0 aromatic heterocycles. The van der Waals surface area contributed by atoms with Gasteiger partial charge in [-0.15, -0.1) is 0 Å². The van der Waals surface area contributed by atoms with Gasteiger partial charge in [0.2, 0.25) is 0 Å². The number of rotatable bonds is 4. The molecule has 4 N–H and O–H groups in total. The second-order valence-electron chi connectivity index (χ2n) is 4.04. The number of carbonyl (C=O) groups excluding carboxylic acids is 1. The molecule has 0 aliphatic carbocycles. The van der Waals surface area contributed by atoms with E-state index < -0.39 is 5.91 Å². The number of carbonyl (C=O) groups is 1. The van der Waals surface area contributed by atoms with Crippen LogP contribution in [0, 0.1) is 5.82 Å². The molecular weight excluding hydrogens is 247 g/mol. The molecule has 1 amide bonds. The van der Waals surface area contributed by atoms with Gasteiger partial charge >= 0.3 is 0 Å². The highest BCUT2D eigenvalue weighted by Gasteiger charge is 2.10. The average molecular weight is 260 g/mol. The zero-order valence-corrected chi connectivity index (χ0v) is 10.1. The van der Waals surface area contributed by atoms with Crippen molar-refractivity contribution < 1.29 is 13.9 Å². The number of hydrogen-bond donors (Lipinski definition) is 2. The minimum atomic E-state index is -0.624. The molecule has 5 heteroatoms. The van der Waals surface area contributed by atoms with E-state index in [0.29, 0.717) is 17.0 Å². The molecule has 4 nitrogen and oxygen atoms in total. The van der Waals surface area contributed by atoms with Crippen molar-refractivity contribution in [1.82, 2.24) is 0 Å². The summed E-state index contributed by atoms with van der Waals surface area (Å²) >= 11 is 0. The Balaban J connectivity index is 2.17. The Labute approximate surface area is 109 Å². The van der Waals surface area contributed by atoms with E-state index in [4.69, 9.17) is 16.2 Å². The van der Waals surface area contributed by atoms with Gasteiger partial charge in [0.05, 0.1) is 5.56 Å². The maximum absolute atomic E-state index is 13.0. The molecule has 2 aromatic rings. The molecule has 0 saturated heterocycles. The van der Waals surface area contributed by atoms with Crippen LogP contribution < -0.4 is 16.2 Å². The summed E-state index contributed by atoms with van der Waals surface area (Å²) in [5.41, 5.74) is 12.1. The zero-order valence-electron chi connectivity index (χ0n) is 10.1. The summed E-state index contributed by atoms with van der Waals surface area (Å²) < 4.78 is 18.5. The van der Waals surface area contributed by atoms with Crippen molar-refractivity contribution in [3.8, 4) is 5.75 Å². The lowest BCUT2D eigenvalue weighted by molar-refractivity contribution is 0.0996. The predicted molar refractivity (Wildman–Crippen MR) is 70.1 cm³/mol. The second kappa shape index (κ2) is 5.39. The minimum Gasteiger partial charge on any atom is -0.488 e. The first kappa shape index (κ1) is 12.9. The first-order valence-corrected chi connectivity index (χ1v) is 5.63. The van der Waals surface area contributed by atoms with Gasteiger partial charge in [-0.2, -0.15) is 0 Å². The Bertz CT molecular complexity index is 614. The molecule has 0 radical (unpaired) electrons. The maximum Gasteiger partial charge on any atom is 0.252 e. The summed E-state index contributed by atoms with van der Waals surface area (Å²) in [6.07, 6.45) is 0. The third-order valence-corrected chi connectivity index (χ3v) is 2.55. The molecule has 0 fully saturated rings. The van der Waals surface area contributed by atoms with Crippen LogP contribution in [-0.2, 0) is 6.61 Å². The Hall–Kier alpha value is -2.56. The number of nitrogens with two attached hydrogens (primary N) is 2. The molecule has 0 saturated carbocycles. The van der Waals surface area contributed by atoms with Crippen molar-refractivity contribution in [2.45, 2.75) is 6.61 Å². The molecule has 0 heterocycles. The van der Waals surface area contributed by atoms with Crippen LogP contribution in [0.15, 0.2) is 42.5 Å². The van der Waals surface area contributed by atoms with Crippen LogP contribution in [0.25, 0.3) is 0 Å². The summed E-state index contributed by atoms with van der Waals surface area (Å²) in [5, 5.41) is 0. The van der Waals surface area contributed by atoms with E-state index in [1.165, 1.54) is 18.2 Å². The van der Waals surface area contributed by atoms with E-state index in [0.717, 1.165) is 0 Å². The summed E-state index contributed by atoms with van der Waals surface area (Å²) in [5.74, 6) is -0.638. The lowest BCUT2D eigenvalue weighted by Gasteiger charge is -2.10. The highest BCUT2D eigenvalue weighted by atomic mass is 19.1. The predicted octanol–water partition coefficient (Wildman–Crippen LogP) is 2.09. The van der Waals surface area contributed by atoms with Gasteiger partial charge in [-0.05, 0) is 35.9 Å². The van der Waals surface area contributed by atoms with Gasteiger partial charge in [0.15, 0.2) is 0 Å². The number of hydrogen-bond acceptors (Lipinski definition) is 3. The summed E-state index contributed by atoms with van der Waals surface area (Å²) in [7, 11) is 0. The summed E-state index contributed by atoms with van der Waals surface area (Å²) in [6, 6.07) is 10.6. The highest BCUT2D eigenvalue weighted by molar-refractivity contribution is 5.96. The molecule has 0 aliphatic heterocycles. The lowest BCUT2D eigenvalue weighted by atomic mass is 10.1. The van der Waals surface area contributed by atoms with Gasteiger partial charge in [0.1, 0.15) is 18.2 Å². The Morgan fingerprint density at radius 3 is 2.68 bits per heavy atom. The molecule has 98 valence electrons. The van der Waals surface area contributed by atoms with E-state index in [-0.39, 0.29) is 18.0 Å². The van der Waals surface area contributed by atoms with Gasteiger partial charge < -0.3 is 16.2 Å². The third kappa shape index (κ3) is 3.22. The van der Waals surface area contributed by atoms with Crippen LogP contribution in [-0.4, -0.2) is 5.91 Å². The number of nitrogen functional groups attached to an aromatic ring is 1. The molecule has 0 aliphatic rings. The minimum absolute atomic E-state index is 0.141. The van der Waals surface area contributed by atoms with Gasteiger partial charge in [-0.3, -0.25) is 4.79 Å². The van der Waals surface area contributed by atoms with Crippen molar-refractivity contribution in [2.24, 2.45) is 5.73 Å². The molecule has 0 spiro atoms. The SMILES string of the molecule is NC(=O)c1cc(N)ccc1OCc1cccc(F)c1. The Morgan fingerprint density at radius 2 is 2.00 bits per heavy atom. The number of halogens is 1. The topological polar surface area (TPSA) is 78.3 Å². The highest BCUT2D eigenvalue weighted by Crippen LogP contribution is 2.22. The van der Waals surface area contributed by atoms with E-state index in [1.54, 1.807) is 24.3 Å². The fourth-order valence-corrected chi connectivity index (χ4v) is 1.65. The van der Waals surface area contributed by atoms with Crippen LogP contribution in [0.2, 0.25) is 0 Å². The molecule has 2 aromatic carbocycles. The molecule has 0 bridgehead atoms. The van der Waals surface area contributed by atoms with Crippen molar-refractivity contribution in [2.75, 3.05) is 5.73 Å². The van der Waals surface area contributed by atoms with Crippen molar-refractivity contribution >= 4 is 11.6 Å². The molecular formula is C14H13FN2O2. The van der Waals surface area contributed by atoms with Crippen LogP contribution in [0.3, 0.4) is 0 Å². The van der Waals surface area contributed by atoms with Crippen LogP contribution in [0.1, 0.15) is 15.9 Å². The van der Waals surface area contributed by atoms with E-state index in [1.807, 2.05) is 0 Å². The Kier molecular flexibility index (Phi) is 3.66. The van der Waals surface area contributed by atoms with E-state index in [9.17, 15) is 9.18 Å². The Morgan fingerprint density at radius 1 is 1.21 bits per heavy atom. The smallest absolute Gasteiger partial charge is 0.252 e. The second-order valence-corrected chi connectivity index (χ2v) is 4.04. The number of amides is 1. The largest absolute Gasteiger partial charge is 0.488 e. The number of primary amides is 1. The number of ether oxygens (including phenoxy) is 1. The van der Waals surface area contributed by atoms with Crippen LogP contribution >= 0.6 is 0 Å². The zero-order chi connectivity index (χ0) is 13.8. The van der Waals surface area contributed by atoms with Gasteiger partial charge in [-0.25, -0.2) is 4.39 Å². The van der Waals surface area contributed by atoms with Crippen LogP contribution in [0.4, 0.5) is 10.1 Å². The standard InChI is InChI=1S/C14H13FN2O2/c15-10-3-1-2-9(6-10)8-19-13-5-4-11(16)7-12(13)14(17)18/h1-7H,8,16H2,(H2,17,18). The van der Waals surface area contributed by atoms with E-state index >= 15 is 0 Å². The first-order valence-electron chi connectivity index (χ1n) is 5.63. The van der Waals surface area contributed by atoms with Gasteiger partial charge in [0, 0.05) is 5.69 Å². The number of anilines is 1. The number of benzene rings is 2.